The Morgan fingerprint density at radius 2 is 1.86 bits per heavy atom. The SMILES string of the molecule is CCOc1cc2oc(C)c(C)c2cc1/C(C)=C/C(=O)Nc1ccc(C(N)=O)cc1. The van der Waals surface area contributed by atoms with Crippen LogP contribution in [0.25, 0.3) is 16.5 Å². The average Bonchev–Trinajstić information content (AvgIpc) is 2.95. The molecule has 0 saturated heterocycles. The summed E-state index contributed by atoms with van der Waals surface area (Å²) in [6, 6.07) is 10.3. The fourth-order valence-corrected chi connectivity index (χ4v) is 3.12. The highest BCUT2D eigenvalue weighted by Crippen LogP contribution is 2.35. The molecule has 0 aliphatic rings. The van der Waals surface area contributed by atoms with Gasteiger partial charge in [-0.05, 0) is 69.2 Å². The zero-order valence-electron chi connectivity index (χ0n) is 17.0. The number of ether oxygens (including phenoxy) is 1. The Hall–Kier alpha value is -3.54. The average molecular weight is 392 g/mol. The van der Waals surface area contributed by atoms with Crippen molar-refractivity contribution in [3.63, 3.8) is 0 Å². The molecule has 3 aromatic rings. The van der Waals surface area contributed by atoms with Gasteiger partial charge in [0.2, 0.25) is 11.8 Å². The molecule has 0 aliphatic heterocycles. The van der Waals surface area contributed by atoms with Crippen LogP contribution in [0.3, 0.4) is 0 Å². The van der Waals surface area contributed by atoms with Crippen molar-refractivity contribution in [3.8, 4) is 5.75 Å². The fourth-order valence-electron chi connectivity index (χ4n) is 3.12. The summed E-state index contributed by atoms with van der Waals surface area (Å²) in [7, 11) is 0. The van der Waals surface area contributed by atoms with Gasteiger partial charge in [0.25, 0.3) is 0 Å². The zero-order chi connectivity index (χ0) is 21.1. The van der Waals surface area contributed by atoms with E-state index in [-0.39, 0.29) is 5.91 Å². The number of hydrogen-bond acceptors (Lipinski definition) is 4. The van der Waals surface area contributed by atoms with Crippen LogP contribution in [0, 0.1) is 13.8 Å². The van der Waals surface area contributed by atoms with E-state index in [1.54, 1.807) is 24.3 Å². The van der Waals surface area contributed by atoms with Gasteiger partial charge >= 0.3 is 0 Å². The Bertz CT molecular complexity index is 1110. The van der Waals surface area contributed by atoms with E-state index >= 15 is 0 Å². The predicted octanol–water partition coefficient (Wildman–Crippen LogP) is 4.59. The number of anilines is 1. The minimum atomic E-state index is -0.512. The quantitative estimate of drug-likeness (QED) is 0.600. The molecule has 29 heavy (non-hydrogen) atoms. The molecule has 0 saturated carbocycles. The van der Waals surface area contributed by atoms with Crippen molar-refractivity contribution in [1.82, 2.24) is 0 Å². The Morgan fingerprint density at radius 1 is 1.17 bits per heavy atom. The lowest BCUT2D eigenvalue weighted by Crippen LogP contribution is -2.12. The van der Waals surface area contributed by atoms with E-state index in [1.807, 2.05) is 39.8 Å². The molecule has 0 spiro atoms. The van der Waals surface area contributed by atoms with Gasteiger partial charge in [-0.25, -0.2) is 0 Å². The Labute approximate surface area is 169 Å². The van der Waals surface area contributed by atoms with E-state index in [4.69, 9.17) is 14.9 Å². The maximum atomic E-state index is 12.5. The molecule has 150 valence electrons. The van der Waals surface area contributed by atoms with Gasteiger partial charge in [0, 0.05) is 34.3 Å². The van der Waals surface area contributed by atoms with Crippen molar-refractivity contribution >= 4 is 34.0 Å². The number of rotatable bonds is 6. The maximum absolute atomic E-state index is 12.5. The number of aryl methyl sites for hydroxylation is 2. The molecule has 0 unspecified atom stereocenters. The second kappa shape index (κ2) is 8.22. The van der Waals surface area contributed by atoms with Crippen LogP contribution in [0.5, 0.6) is 5.75 Å². The van der Waals surface area contributed by atoms with Crippen molar-refractivity contribution in [3.05, 3.63) is 64.9 Å². The first-order valence-corrected chi connectivity index (χ1v) is 9.36. The number of fused-ring (bicyclic) bond motifs is 1. The van der Waals surface area contributed by atoms with E-state index in [0.717, 1.165) is 33.4 Å². The summed E-state index contributed by atoms with van der Waals surface area (Å²) < 4.78 is 11.6. The van der Waals surface area contributed by atoms with Crippen LogP contribution in [0.4, 0.5) is 5.69 Å². The summed E-state index contributed by atoms with van der Waals surface area (Å²) in [4.78, 5) is 23.6. The van der Waals surface area contributed by atoms with Gasteiger partial charge in [0.15, 0.2) is 0 Å². The molecule has 3 rings (SSSR count). The highest BCUT2D eigenvalue weighted by molar-refractivity contribution is 6.05. The normalized spacial score (nSPS) is 11.5. The number of primary amides is 1. The van der Waals surface area contributed by atoms with Crippen LogP contribution < -0.4 is 15.8 Å². The Balaban J connectivity index is 1.90. The third-order valence-electron chi connectivity index (χ3n) is 4.79. The Morgan fingerprint density at radius 3 is 2.48 bits per heavy atom. The summed E-state index contributed by atoms with van der Waals surface area (Å²) in [6.45, 7) is 8.21. The highest BCUT2D eigenvalue weighted by Gasteiger charge is 2.14. The molecule has 0 radical (unpaired) electrons. The van der Waals surface area contributed by atoms with Gasteiger partial charge in [-0.3, -0.25) is 9.59 Å². The molecule has 0 aliphatic carbocycles. The van der Waals surface area contributed by atoms with Crippen molar-refractivity contribution in [2.75, 3.05) is 11.9 Å². The number of carbonyl (C=O) groups is 2. The Kier molecular flexibility index (Phi) is 5.73. The van der Waals surface area contributed by atoms with Crippen molar-refractivity contribution in [1.29, 1.82) is 0 Å². The van der Waals surface area contributed by atoms with Crippen molar-refractivity contribution < 1.29 is 18.7 Å². The first kappa shape index (κ1) is 20.2. The zero-order valence-corrected chi connectivity index (χ0v) is 17.0. The number of hydrogen-bond donors (Lipinski definition) is 2. The van der Waals surface area contributed by atoms with Crippen molar-refractivity contribution in [2.24, 2.45) is 5.73 Å². The standard InChI is InChI=1S/C23H24N2O4/c1-5-28-20-12-21-19(14(3)15(4)29-21)11-18(20)13(2)10-22(26)25-17-8-6-16(7-9-17)23(24)27/h6-12H,5H2,1-4H3,(H2,24,27)(H,25,26)/b13-10+. The van der Waals surface area contributed by atoms with E-state index < -0.39 is 5.91 Å². The van der Waals surface area contributed by atoms with Gasteiger partial charge < -0.3 is 20.2 Å². The second-order valence-corrected chi connectivity index (χ2v) is 6.82. The number of nitrogens with one attached hydrogen (secondary N) is 1. The second-order valence-electron chi connectivity index (χ2n) is 6.82. The van der Waals surface area contributed by atoms with E-state index in [1.165, 1.54) is 6.08 Å². The third kappa shape index (κ3) is 4.32. The minimum Gasteiger partial charge on any atom is -0.493 e. The molecule has 0 atom stereocenters. The van der Waals surface area contributed by atoms with Crippen LogP contribution in [0.1, 0.15) is 41.1 Å². The number of carbonyl (C=O) groups excluding carboxylic acids is 2. The number of allylic oxidation sites excluding steroid dienone is 1. The van der Waals surface area contributed by atoms with Crippen LogP contribution >= 0.6 is 0 Å². The molecule has 2 aromatic carbocycles. The summed E-state index contributed by atoms with van der Waals surface area (Å²) in [5.41, 5.74) is 9.62. The van der Waals surface area contributed by atoms with Crippen LogP contribution in [-0.4, -0.2) is 18.4 Å². The molecule has 6 heteroatoms. The van der Waals surface area contributed by atoms with E-state index in [2.05, 4.69) is 5.32 Å². The van der Waals surface area contributed by atoms with Gasteiger partial charge in [-0.2, -0.15) is 0 Å². The molecule has 6 nitrogen and oxygen atoms in total. The summed E-state index contributed by atoms with van der Waals surface area (Å²) >= 11 is 0. The van der Waals surface area contributed by atoms with Gasteiger partial charge in [0.1, 0.15) is 17.1 Å². The summed E-state index contributed by atoms with van der Waals surface area (Å²) in [6.07, 6.45) is 1.52. The van der Waals surface area contributed by atoms with Crippen LogP contribution in [-0.2, 0) is 4.79 Å². The molecule has 2 amide bonds. The predicted molar refractivity (Wildman–Crippen MR) is 114 cm³/mol. The fraction of sp³-hybridized carbons (Fsp3) is 0.217. The first-order valence-electron chi connectivity index (χ1n) is 9.36. The van der Waals surface area contributed by atoms with Gasteiger partial charge in [-0.15, -0.1) is 0 Å². The van der Waals surface area contributed by atoms with E-state index in [0.29, 0.717) is 23.6 Å². The number of amides is 2. The first-order chi connectivity index (χ1) is 13.8. The maximum Gasteiger partial charge on any atom is 0.248 e. The minimum absolute atomic E-state index is 0.281. The van der Waals surface area contributed by atoms with Gasteiger partial charge in [0.05, 0.1) is 6.61 Å². The highest BCUT2D eigenvalue weighted by atomic mass is 16.5. The smallest absolute Gasteiger partial charge is 0.248 e. The number of benzene rings is 2. The lowest BCUT2D eigenvalue weighted by Gasteiger charge is -2.11. The van der Waals surface area contributed by atoms with Gasteiger partial charge in [-0.1, -0.05) is 0 Å². The molecule has 3 N–H and O–H groups in total. The number of furan rings is 1. The number of nitrogens with two attached hydrogens (primary N) is 1. The molecular weight excluding hydrogens is 368 g/mol. The monoisotopic (exact) mass is 392 g/mol. The third-order valence-corrected chi connectivity index (χ3v) is 4.79. The largest absolute Gasteiger partial charge is 0.493 e. The van der Waals surface area contributed by atoms with Crippen LogP contribution in [0.2, 0.25) is 0 Å². The molecule has 0 fully saturated rings. The van der Waals surface area contributed by atoms with Crippen molar-refractivity contribution in [2.45, 2.75) is 27.7 Å². The summed E-state index contributed by atoms with van der Waals surface area (Å²) in [5, 5.41) is 3.78. The van der Waals surface area contributed by atoms with E-state index in [9.17, 15) is 9.59 Å². The molecule has 0 bridgehead atoms. The van der Waals surface area contributed by atoms with Crippen LogP contribution in [0.15, 0.2) is 46.9 Å². The molecular formula is C23H24N2O4. The lowest BCUT2D eigenvalue weighted by molar-refractivity contribution is -0.111. The lowest BCUT2D eigenvalue weighted by atomic mass is 10.0. The topological polar surface area (TPSA) is 94.6 Å². The molecule has 1 heterocycles. The molecule has 1 aromatic heterocycles. The summed E-state index contributed by atoms with van der Waals surface area (Å²) in [5.74, 6) is 0.735.